The second kappa shape index (κ2) is 6.44. The summed E-state index contributed by atoms with van der Waals surface area (Å²) in [5.41, 5.74) is 2.80. The van der Waals surface area contributed by atoms with Crippen LogP contribution in [-0.4, -0.2) is 25.0 Å². The lowest BCUT2D eigenvalue weighted by molar-refractivity contribution is -0.115. The Hall–Kier alpha value is -1.94. The molecule has 0 aliphatic carbocycles. The van der Waals surface area contributed by atoms with E-state index in [-0.39, 0.29) is 5.91 Å². The van der Waals surface area contributed by atoms with Gasteiger partial charge < -0.3 is 10.1 Å². The van der Waals surface area contributed by atoms with E-state index in [2.05, 4.69) is 36.3 Å². The van der Waals surface area contributed by atoms with Crippen molar-refractivity contribution in [2.24, 2.45) is 10.9 Å². The lowest BCUT2D eigenvalue weighted by Crippen LogP contribution is -2.33. The van der Waals surface area contributed by atoms with Crippen molar-refractivity contribution in [3.8, 4) is 0 Å². The van der Waals surface area contributed by atoms with Crippen molar-refractivity contribution in [3.63, 3.8) is 0 Å². The first-order chi connectivity index (χ1) is 10.6. The average Bonchev–Trinajstić information content (AvgIpc) is 2.90. The number of benzene rings is 1. The molecule has 2 heterocycles. The average molecular weight is 298 g/mol. The van der Waals surface area contributed by atoms with Crippen LogP contribution in [0.2, 0.25) is 0 Å². The molecule has 1 saturated heterocycles. The predicted molar refractivity (Wildman–Crippen MR) is 87.6 cm³/mol. The maximum Gasteiger partial charge on any atom is 0.275 e. The van der Waals surface area contributed by atoms with E-state index in [0.717, 1.165) is 37.5 Å². The van der Waals surface area contributed by atoms with Crippen molar-refractivity contribution in [2.75, 3.05) is 13.2 Å². The van der Waals surface area contributed by atoms with Gasteiger partial charge in [-0.25, -0.2) is 4.99 Å². The van der Waals surface area contributed by atoms with Crippen molar-refractivity contribution < 1.29 is 9.53 Å². The summed E-state index contributed by atoms with van der Waals surface area (Å²) in [6.07, 6.45) is 3.71. The minimum absolute atomic E-state index is 0.102. The molecule has 0 bridgehead atoms. The van der Waals surface area contributed by atoms with Crippen LogP contribution in [0.4, 0.5) is 0 Å². The van der Waals surface area contributed by atoms with E-state index >= 15 is 0 Å². The SMILES string of the molecule is CC(C)c1ccc(/C=C2/N=C(C3CCOCC3)NC2=O)cc1. The van der Waals surface area contributed by atoms with Crippen LogP contribution in [0.5, 0.6) is 0 Å². The minimum Gasteiger partial charge on any atom is -0.381 e. The third kappa shape index (κ3) is 3.28. The summed E-state index contributed by atoms with van der Waals surface area (Å²) in [6.45, 7) is 5.83. The van der Waals surface area contributed by atoms with Gasteiger partial charge in [0.05, 0.1) is 0 Å². The van der Waals surface area contributed by atoms with Crippen molar-refractivity contribution >= 4 is 17.8 Å². The molecular formula is C18H22N2O2. The standard InChI is InChI=1S/C18H22N2O2/c1-12(2)14-5-3-13(4-6-14)11-16-18(21)20-17(19-16)15-7-9-22-10-8-15/h3-6,11-12,15H,7-10H2,1-2H3,(H,19,20,21)/b16-11+. The number of hydrogen-bond donors (Lipinski definition) is 1. The zero-order valence-electron chi connectivity index (χ0n) is 13.1. The smallest absolute Gasteiger partial charge is 0.275 e. The molecule has 0 saturated carbocycles. The molecule has 1 N–H and O–H groups in total. The highest BCUT2D eigenvalue weighted by Crippen LogP contribution is 2.22. The first-order valence-electron chi connectivity index (χ1n) is 7.93. The summed E-state index contributed by atoms with van der Waals surface area (Å²) in [4.78, 5) is 16.6. The number of nitrogens with zero attached hydrogens (tertiary/aromatic N) is 1. The van der Waals surface area contributed by atoms with Gasteiger partial charge in [0.1, 0.15) is 11.5 Å². The van der Waals surface area contributed by atoms with Crippen LogP contribution in [0.25, 0.3) is 6.08 Å². The van der Waals surface area contributed by atoms with Gasteiger partial charge in [0.25, 0.3) is 5.91 Å². The summed E-state index contributed by atoms with van der Waals surface area (Å²) >= 11 is 0. The molecule has 3 rings (SSSR count). The monoisotopic (exact) mass is 298 g/mol. The number of hydrogen-bond acceptors (Lipinski definition) is 3. The highest BCUT2D eigenvalue weighted by atomic mass is 16.5. The quantitative estimate of drug-likeness (QED) is 0.872. The normalized spacial score (nSPS) is 21.3. The molecule has 0 aromatic heterocycles. The van der Waals surface area contributed by atoms with Gasteiger partial charge in [-0.05, 0) is 36.0 Å². The first-order valence-corrected chi connectivity index (χ1v) is 7.93. The van der Waals surface area contributed by atoms with Gasteiger partial charge in [-0.1, -0.05) is 38.1 Å². The van der Waals surface area contributed by atoms with E-state index in [1.165, 1.54) is 5.56 Å². The van der Waals surface area contributed by atoms with Crippen LogP contribution in [0, 0.1) is 5.92 Å². The number of rotatable bonds is 3. The first kappa shape index (κ1) is 15.0. The fourth-order valence-electron chi connectivity index (χ4n) is 2.79. The highest BCUT2D eigenvalue weighted by Gasteiger charge is 2.27. The second-order valence-corrected chi connectivity index (χ2v) is 6.19. The van der Waals surface area contributed by atoms with Crippen LogP contribution >= 0.6 is 0 Å². The van der Waals surface area contributed by atoms with Gasteiger partial charge in [-0.3, -0.25) is 4.79 Å². The van der Waals surface area contributed by atoms with Gasteiger partial charge in [-0.15, -0.1) is 0 Å². The fraction of sp³-hybridized carbons (Fsp3) is 0.444. The zero-order valence-corrected chi connectivity index (χ0v) is 13.1. The molecule has 1 aromatic carbocycles. The Labute approximate surface area is 131 Å². The minimum atomic E-state index is -0.102. The Morgan fingerprint density at radius 2 is 1.91 bits per heavy atom. The fourth-order valence-corrected chi connectivity index (χ4v) is 2.79. The van der Waals surface area contributed by atoms with Gasteiger partial charge in [0.2, 0.25) is 0 Å². The molecule has 4 nitrogen and oxygen atoms in total. The van der Waals surface area contributed by atoms with Crippen molar-refractivity contribution in [3.05, 3.63) is 41.1 Å². The summed E-state index contributed by atoms with van der Waals surface area (Å²) in [5, 5.41) is 2.91. The van der Waals surface area contributed by atoms with Crippen LogP contribution < -0.4 is 5.32 Å². The second-order valence-electron chi connectivity index (χ2n) is 6.19. The van der Waals surface area contributed by atoms with E-state index in [1.807, 2.05) is 18.2 Å². The van der Waals surface area contributed by atoms with Crippen molar-refractivity contribution in [1.29, 1.82) is 0 Å². The van der Waals surface area contributed by atoms with E-state index in [1.54, 1.807) is 0 Å². The van der Waals surface area contributed by atoms with Crippen molar-refractivity contribution in [2.45, 2.75) is 32.6 Å². The molecule has 0 radical (unpaired) electrons. The Morgan fingerprint density at radius 3 is 2.55 bits per heavy atom. The summed E-state index contributed by atoms with van der Waals surface area (Å²) < 4.78 is 5.36. The molecule has 0 atom stereocenters. The number of carbonyl (C=O) groups excluding carboxylic acids is 1. The number of ether oxygens (including phenoxy) is 1. The van der Waals surface area contributed by atoms with E-state index in [0.29, 0.717) is 17.5 Å². The molecule has 116 valence electrons. The zero-order chi connectivity index (χ0) is 15.5. The summed E-state index contributed by atoms with van der Waals surface area (Å²) in [7, 11) is 0. The van der Waals surface area contributed by atoms with Crippen LogP contribution in [0.3, 0.4) is 0 Å². The molecule has 22 heavy (non-hydrogen) atoms. The largest absolute Gasteiger partial charge is 0.381 e. The van der Waals surface area contributed by atoms with Gasteiger partial charge in [0.15, 0.2) is 0 Å². The van der Waals surface area contributed by atoms with E-state index < -0.39 is 0 Å². The van der Waals surface area contributed by atoms with Crippen LogP contribution in [-0.2, 0) is 9.53 Å². The maximum atomic E-state index is 12.1. The van der Waals surface area contributed by atoms with Gasteiger partial charge in [-0.2, -0.15) is 0 Å². The lowest BCUT2D eigenvalue weighted by Gasteiger charge is -2.21. The van der Waals surface area contributed by atoms with Crippen LogP contribution in [0.15, 0.2) is 35.0 Å². The Balaban J connectivity index is 1.77. The number of nitrogens with one attached hydrogen (secondary N) is 1. The molecule has 0 unspecified atom stereocenters. The molecule has 4 heteroatoms. The number of carbonyl (C=O) groups is 1. The Bertz CT molecular complexity index is 608. The predicted octanol–water partition coefficient (Wildman–Crippen LogP) is 3.11. The molecular weight excluding hydrogens is 276 g/mol. The Kier molecular flexibility index (Phi) is 4.39. The third-order valence-electron chi connectivity index (χ3n) is 4.23. The number of aliphatic imine (C=N–C) groups is 1. The molecule has 1 fully saturated rings. The van der Waals surface area contributed by atoms with E-state index in [4.69, 9.17) is 4.74 Å². The molecule has 2 aliphatic heterocycles. The summed E-state index contributed by atoms with van der Waals surface area (Å²) in [5.74, 6) is 1.52. The number of amides is 1. The van der Waals surface area contributed by atoms with Gasteiger partial charge in [0, 0.05) is 19.1 Å². The Morgan fingerprint density at radius 1 is 1.23 bits per heavy atom. The third-order valence-corrected chi connectivity index (χ3v) is 4.23. The molecule has 0 spiro atoms. The van der Waals surface area contributed by atoms with Gasteiger partial charge >= 0.3 is 0 Å². The highest BCUT2D eigenvalue weighted by molar-refractivity contribution is 6.15. The molecule has 2 aliphatic rings. The maximum absolute atomic E-state index is 12.1. The van der Waals surface area contributed by atoms with Crippen LogP contribution in [0.1, 0.15) is 43.7 Å². The molecule has 1 aromatic rings. The molecule has 1 amide bonds. The van der Waals surface area contributed by atoms with Crippen molar-refractivity contribution in [1.82, 2.24) is 5.32 Å². The summed E-state index contributed by atoms with van der Waals surface area (Å²) in [6, 6.07) is 8.29. The lowest BCUT2D eigenvalue weighted by atomic mass is 9.99. The number of amidine groups is 1. The topological polar surface area (TPSA) is 50.7 Å². The van der Waals surface area contributed by atoms with E-state index in [9.17, 15) is 4.79 Å².